The van der Waals surface area contributed by atoms with E-state index >= 15 is 0 Å². The van der Waals surface area contributed by atoms with E-state index in [4.69, 9.17) is 18.1 Å². The van der Waals surface area contributed by atoms with Crippen molar-refractivity contribution in [3.05, 3.63) is 24.3 Å². The highest BCUT2D eigenvalue weighted by Gasteiger charge is 2.10. The maximum Gasteiger partial charge on any atom is 0.201 e. The van der Waals surface area contributed by atoms with Crippen LogP contribution in [0.2, 0.25) is 0 Å². The van der Waals surface area contributed by atoms with Crippen molar-refractivity contribution in [2.24, 2.45) is 15.3 Å². The highest BCUT2D eigenvalue weighted by Crippen LogP contribution is 2.27. The Kier molecular flexibility index (Phi) is 3.05. The van der Waals surface area contributed by atoms with Gasteiger partial charge in [-0.25, -0.2) is 16.3 Å². The van der Waals surface area contributed by atoms with Crippen molar-refractivity contribution in [3.63, 3.8) is 0 Å². The van der Waals surface area contributed by atoms with E-state index < -0.39 is 0 Å². The molecule has 0 radical (unpaired) electrons. The van der Waals surface area contributed by atoms with Crippen molar-refractivity contribution in [2.75, 3.05) is 0 Å². The minimum atomic E-state index is -0.385. The second-order valence-electron chi connectivity index (χ2n) is 2.69. The van der Waals surface area contributed by atoms with Gasteiger partial charge >= 0.3 is 0 Å². The molecule has 5 nitrogen and oxygen atoms in total. The van der Waals surface area contributed by atoms with E-state index in [1.165, 1.54) is 0 Å². The molecule has 0 aliphatic carbocycles. The minimum absolute atomic E-state index is 0.292. The minimum Gasteiger partial charge on any atom is -0.300 e. The van der Waals surface area contributed by atoms with E-state index in [0.717, 1.165) is 10.6 Å². The number of nitrogens with one attached hydrogen (secondary N) is 2. The highest BCUT2D eigenvalue weighted by molar-refractivity contribution is 8.01. The van der Waals surface area contributed by atoms with Crippen molar-refractivity contribution in [2.45, 2.75) is 4.90 Å². The number of para-hydroxylation sites is 1. The summed E-state index contributed by atoms with van der Waals surface area (Å²) >= 11 is 4.81. The number of nitrogens with zero attached hydrogens (tertiary/aromatic N) is 2. The molecule has 1 atom stereocenters. The first kappa shape index (κ1) is 10.2. The fourth-order valence-corrected chi connectivity index (χ4v) is 2.42. The third kappa shape index (κ3) is 2.20. The van der Waals surface area contributed by atoms with Gasteiger partial charge < -0.3 is 0 Å². The van der Waals surface area contributed by atoms with Gasteiger partial charge in [0, 0.05) is 10.7 Å². The third-order valence-corrected chi connectivity index (χ3v) is 3.36. The van der Waals surface area contributed by atoms with Gasteiger partial charge in [0.05, 0.1) is 16.1 Å². The van der Waals surface area contributed by atoms with Crippen LogP contribution in [-0.4, -0.2) is 10.7 Å². The second kappa shape index (κ2) is 4.47. The topological polar surface area (TPSA) is 74.8 Å². The zero-order valence-corrected chi connectivity index (χ0v) is 9.31. The predicted molar refractivity (Wildman–Crippen MR) is 65.7 cm³/mol. The lowest BCUT2D eigenvalue weighted by atomic mass is 10.3. The molecule has 0 amide bonds. The molecule has 0 saturated heterocycles. The second-order valence-corrected chi connectivity index (χ2v) is 4.56. The van der Waals surface area contributed by atoms with Gasteiger partial charge in [-0.3, -0.25) is 5.43 Å². The zero-order chi connectivity index (χ0) is 10.7. The number of thiocarbonyl (C=S) groups is 1. The van der Waals surface area contributed by atoms with Gasteiger partial charge in [0.1, 0.15) is 0 Å². The number of hydrogen-bond acceptors (Lipinski definition) is 4. The summed E-state index contributed by atoms with van der Waals surface area (Å²) in [5, 5.41) is 0.292. The van der Waals surface area contributed by atoms with Crippen molar-refractivity contribution in [1.82, 2.24) is 10.9 Å². The number of aliphatic imine (C=N–C) groups is 1. The van der Waals surface area contributed by atoms with Gasteiger partial charge in [-0.2, -0.15) is 0 Å². The summed E-state index contributed by atoms with van der Waals surface area (Å²) in [6.07, 6.45) is 0. The summed E-state index contributed by atoms with van der Waals surface area (Å²) in [4.78, 5) is 5.33. The lowest BCUT2D eigenvalue weighted by Crippen LogP contribution is -2.37. The fourth-order valence-electron chi connectivity index (χ4n) is 1.10. The summed E-state index contributed by atoms with van der Waals surface area (Å²) in [5.74, 6) is 5.11. The van der Waals surface area contributed by atoms with Crippen LogP contribution in [0, 0.1) is 0 Å². The number of nitrogens with two attached hydrogens (primary N) is 1. The number of hydrogen-bond donors (Lipinski definition) is 3. The van der Waals surface area contributed by atoms with Crippen LogP contribution in [0.3, 0.4) is 0 Å². The Morgan fingerprint density at radius 1 is 1.47 bits per heavy atom. The number of benzene rings is 1. The lowest BCUT2D eigenvalue weighted by molar-refractivity contribution is 0.937. The van der Waals surface area contributed by atoms with Crippen LogP contribution < -0.4 is 16.7 Å². The number of hydrazine groups is 1. The molecule has 0 saturated carbocycles. The zero-order valence-electron chi connectivity index (χ0n) is 7.68. The van der Waals surface area contributed by atoms with E-state index in [9.17, 15) is 0 Å². The smallest absolute Gasteiger partial charge is 0.201 e. The standard InChI is InChI=1S/C8H9N5S2/c9-11-8(14)12-13-15-5-10-6-3-1-2-4-7(6)15/h1-5H,9H2,(H2,11,12,14). The molecular weight excluding hydrogens is 230 g/mol. The maximum atomic E-state index is 5.11. The Labute approximate surface area is 94.8 Å². The summed E-state index contributed by atoms with van der Waals surface area (Å²) in [5.41, 5.74) is 7.70. The first-order valence-corrected chi connectivity index (χ1v) is 5.80. The van der Waals surface area contributed by atoms with Crippen LogP contribution >= 0.6 is 12.2 Å². The molecule has 1 aromatic carbocycles. The van der Waals surface area contributed by atoms with Gasteiger partial charge in [0.15, 0.2) is 0 Å². The molecule has 0 aromatic heterocycles. The van der Waals surface area contributed by atoms with Gasteiger partial charge in [-0.15, -0.1) is 4.47 Å². The Bertz CT molecular complexity index is 454. The van der Waals surface area contributed by atoms with Gasteiger partial charge in [0.2, 0.25) is 5.11 Å². The summed E-state index contributed by atoms with van der Waals surface area (Å²) in [6, 6.07) is 7.86. The van der Waals surface area contributed by atoms with Gasteiger partial charge in [0.25, 0.3) is 0 Å². The molecule has 0 spiro atoms. The molecule has 78 valence electrons. The van der Waals surface area contributed by atoms with E-state index in [0.29, 0.717) is 5.11 Å². The predicted octanol–water partition coefficient (Wildman–Crippen LogP) is 0.774. The van der Waals surface area contributed by atoms with Crippen LogP contribution in [0.15, 0.2) is 38.6 Å². The Morgan fingerprint density at radius 3 is 3.07 bits per heavy atom. The SMILES string of the molecule is NNC(=S)NN=S1C=Nc2ccccc21. The molecule has 4 N–H and O–H groups in total. The van der Waals surface area contributed by atoms with E-state index in [1.54, 1.807) is 5.55 Å². The van der Waals surface area contributed by atoms with E-state index in [1.807, 2.05) is 24.3 Å². The molecule has 1 aliphatic rings. The van der Waals surface area contributed by atoms with E-state index in [2.05, 4.69) is 20.3 Å². The molecule has 1 aromatic rings. The molecule has 0 fully saturated rings. The highest BCUT2D eigenvalue weighted by atomic mass is 32.2. The monoisotopic (exact) mass is 239 g/mol. The van der Waals surface area contributed by atoms with E-state index in [-0.39, 0.29) is 10.7 Å². The lowest BCUT2D eigenvalue weighted by Gasteiger charge is -2.02. The molecule has 1 aliphatic heterocycles. The summed E-state index contributed by atoms with van der Waals surface area (Å²) < 4.78 is 4.18. The molecule has 0 bridgehead atoms. The summed E-state index contributed by atoms with van der Waals surface area (Å²) in [6.45, 7) is 0. The molecule has 15 heavy (non-hydrogen) atoms. The molecular formula is C8H9N5S2. The fraction of sp³-hybridized carbons (Fsp3) is 0. The van der Waals surface area contributed by atoms with Crippen molar-refractivity contribution < 1.29 is 0 Å². The van der Waals surface area contributed by atoms with Crippen LogP contribution in [0.1, 0.15) is 0 Å². The normalized spacial score (nSPS) is 17.5. The number of fused-ring (bicyclic) bond motifs is 1. The molecule has 7 heteroatoms. The Morgan fingerprint density at radius 2 is 2.27 bits per heavy atom. The average molecular weight is 239 g/mol. The third-order valence-electron chi connectivity index (χ3n) is 1.76. The van der Waals surface area contributed by atoms with Crippen molar-refractivity contribution in [1.29, 1.82) is 0 Å². The van der Waals surface area contributed by atoms with Crippen LogP contribution in [-0.2, 0) is 10.7 Å². The molecule has 1 heterocycles. The quantitative estimate of drug-likeness (QED) is 0.384. The molecule has 2 rings (SSSR count). The first-order chi connectivity index (χ1) is 7.31. The number of rotatable bonds is 1. The van der Waals surface area contributed by atoms with Crippen molar-refractivity contribution >= 4 is 39.3 Å². The Balaban J connectivity index is 2.21. The maximum absolute atomic E-state index is 5.11. The Hall–Kier alpha value is -1.31. The van der Waals surface area contributed by atoms with Gasteiger partial charge in [-0.05, 0) is 24.4 Å². The van der Waals surface area contributed by atoms with Crippen molar-refractivity contribution in [3.8, 4) is 0 Å². The largest absolute Gasteiger partial charge is 0.300 e. The summed E-state index contributed by atoms with van der Waals surface area (Å²) in [7, 11) is -0.385. The van der Waals surface area contributed by atoms with Crippen LogP contribution in [0.5, 0.6) is 0 Å². The first-order valence-electron chi connectivity index (χ1n) is 4.15. The van der Waals surface area contributed by atoms with Crippen LogP contribution in [0.4, 0.5) is 5.69 Å². The van der Waals surface area contributed by atoms with Gasteiger partial charge in [-0.1, -0.05) is 12.1 Å². The molecule has 1 unspecified atom stereocenters. The average Bonchev–Trinajstić information content (AvgIpc) is 2.69. The van der Waals surface area contributed by atoms with Crippen LogP contribution in [0.25, 0.3) is 0 Å².